The average Bonchev–Trinajstić information content (AvgIpc) is 2.46. The third-order valence-electron chi connectivity index (χ3n) is 1.63. The van der Waals surface area contributed by atoms with Crippen LogP contribution in [0.25, 0.3) is 5.52 Å². The summed E-state index contributed by atoms with van der Waals surface area (Å²) in [7, 11) is 0. The highest BCUT2D eigenvalue weighted by atomic mass is 15.2. The van der Waals surface area contributed by atoms with Crippen molar-refractivity contribution in [2.75, 3.05) is 0 Å². The molecule has 0 bridgehead atoms. The van der Waals surface area contributed by atoms with Gasteiger partial charge in [-0.25, -0.2) is 9.50 Å². The van der Waals surface area contributed by atoms with Gasteiger partial charge in [-0.15, -0.1) is 6.42 Å². The third kappa shape index (κ3) is 0.940. The number of nitrogens with zero attached hydrogens (tertiary/aromatic N) is 3. The molecule has 3 nitrogen and oxygen atoms in total. The van der Waals surface area contributed by atoms with Crippen LogP contribution in [-0.4, -0.2) is 14.6 Å². The number of terminal acetylenes is 1. The highest BCUT2D eigenvalue weighted by Crippen LogP contribution is 2.05. The first-order valence-electron chi connectivity index (χ1n) is 3.58. The first-order chi connectivity index (χ1) is 5.79. The highest BCUT2D eigenvalue weighted by Gasteiger charge is 1.97. The van der Waals surface area contributed by atoms with Crippen molar-refractivity contribution in [3.63, 3.8) is 0 Å². The van der Waals surface area contributed by atoms with Crippen LogP contribution in [0.2, 0.25) is 0 Å². The van der Waals surface area contributed by atoms with Crippen molar-refractivity contribution in [3.8, 4) is 12.3 Å². The molecule has 0 atom stereocenters. The second-order valence-electron chi connectivity index (χ2n) is 2.55. The molecular formula is C9H7N3. The Kier molecular flexibility index (Phi) is 1.34. The lowest BCUT2D eigenvalue weighted by Crippen LogP contribution is -1.94. The summed E-state index contributed by atoms with van der Waals surface area (Å²) in [5.41, 5.74) is 1.75. The molecule has 0 saturated heterocycles. The Morgan fingerprint density at radius 1 is 1.58 bits per heavy atom. The van der Waals surface area contributed by atoms with Gasteiger partial charge in [-0.3, -0.25) is 0 Å². The molecule has 3 heteroatoms. The quantitative estimate of drug-likeness (QED) is 0.534. The molecule has 0 aliphatic carbocycles. The van der Waals surface area contributed by atoms with E-state index in [1.54, 1.807) is 10.7 Å². The van der Waals surface area contributed by atoms with Gasteiger partial charge >= 0.3 is 0 Å². The lowest BCUT2D eigenvalue weighted by Gasteiger charge is -1.92. The molecule has 0 N–H and O–H groups in total. The van der Waals surface area contributed by atoms with Crippen molar-refractivity contribution >= 4 is 5.52 Å². The van der Waals surface area contributed by atoms with Gasteiger partial charge in [0.1, 0.15) is 5.82 Å². The third-order valence-corrected chi connectivity index (χ3v) is 1.63. The molecule has 58 valence electrons. The van der Waals surface area contributed by atoms with E-state index in [-0.39, 0.29) is 0 Å². The van der Waals surface area contributed by atoms with Crippen molar-refractivity contribution in [2.24, 2.45) is 0 Å². The predicted octanol–water partition coefficient (Wildman–Crippen LogP) is 1.02. The van der Waals surface area contributed by atoms with Crippen LogP contribution >= 0.6 is 0 Å². The Balaban J connectivity index is 2.77. The molecule has 2 aromatic rings. The summed E-state index contributed by atoms with van der Waals surface area (Å²) in [6.07, 6.45) is 8.80. The second kappa shape index (κ2) is 2.35. The Morgan fingerprint density at radius 3 is 3.17 bits per heavy atom. The number of fused-ring (bicyclic) bond motifs is 1. The Hall–Kier alpha value is -1.82. The second-order valence-corrected chi connectivity index (χ2v) is 2.55. The number of rotatable bonds is 0. The van der Waals surface area contributed by atoms with Gasteiger partial charge in [-0.05, 0) is 13.0 Å². The predicted molar refractivity (Wildman–Crippen MR) is 45.7 cm³/mol. The zero-order valence-electron chi connectivity index (χ0n) is 6.65. The van der Waals surface area contributed by atoms with E-state index in [4.69, 9.17) is 6.42 Å². The van der Waals surface area contributed by atoms with Crippen LogP contribution in [0.3, 0.4) is 0 Å². The Morgan fingerprint density at radius 2 is 2.42 bits per heavy atom. The van der Waals surface area contributed by atoms with Crippen molar-refractivity contribution in [1.82, 2.24) is 14.6 Å². The molecule has 0 aliphatic rings. The van der Waals surface area contributed by atoms with Gasteiger partial charge in [0.05, 0.1) is 11.7 Å². The molecule has 0 spiro atoms. The van der Waals surface area contributed by atoms with Crippen LogP contribution < -0.4 is 0 Å². The van der Waals surface area contributed by atoms with Crippen LogP contribution in [0.1, 0.15) is 11.4 Å². The van der Waals surface area contributed by atoms with E-state index in [1.165, 1.54) is 0 Å². The van der Waals surface area contributed by atoms with Gasteiger partial charge in [0, 0.05) is 11.8 Å². The van der Waals surface area contributed by atoms with E-state index < -0.39 is 0 Å². The molecule has 0 radical (unpaired) electrons. The van der Waals surface area contributed by atoms with Crippen molar-refractivity contribution in [2.45, 2.75) is 6.92 Å². The molecular weight excluding hydrogens is 150 g/mol. The molecule has 0 saturated carbocycles. The maximum absolute atomic E-state index is 5.24. The van der Waals surface area contributed by atoms with E-state index in [0.29, 0.717) is 0 Å². The smallest absolute Gasteiger partial charge is 0.146 e. The topological polar surface area (TPSA) is 30.2 Å². The molecule has 12 heavy (non-hydrogen) atoms. The van der Waals surface area contributed by atoms with Crippen LogP contribution in [0.5, 0.6) is 0 Å². The van der Waals surface area contributed by atoms with Gasteiger partial charge in [0.25, 0.3) is 0 Å². The van der Waals surface area contributed by atoms with Gasteiger partial charge in [-0.1, -0.05) is 5.92 Å². The first kappa shape index (κ1) is 6.86. The lowest BCUT2D eigenvalue weighted by molar-refractivity contribution is 0.856. The fraction of sp³-hybridized carbons (Fsp3) is 0.111. The standard InChI is InChI=1S/C9H7N3/c1-3-8-4-9-5-10-7(2)11-12(9)6-8/h1,4-6H,2H3. The lowest BCUT2D eigenvalue weighted by atomic mass is 10.3. The number of hydrogen-bond donors (Lipinski definition) is 0. The van der Waals surface area contributed by atoms with Crippen LogP contribution in [0, 0.1) is 19.3 Å². The molecule has 0 fully saturated rings. The monoisotopic (exact) mass is 157 g/mol. The van der Waals surface area contributed by atoms with Gasteiger partial charge in [-0.2, -0.15) is 5.10 Å². The maximum atomic E-state index is 5.24. The van der Waals surface area contributed by atoms with Crippen LogP contribution in [0.4, 0.5) is 0 Å². The fourth-order valence-corrected chi connectivity index (χ4v) is 1.07. The minimum Gasteiger partial charge on any atom is -0.238 e. The summed E-state index contributed by atoms with van der Waals surface area (Å²) in [5.74, 6) is 3.28. The van der Waals surface area contributed by atoms with Gasteiger partial charge in [0.15, 0.2) is 0 Å². The summed E-state index contributed by atoms with van der Waals surface area (Å²) < 4.78 is 1.73. The molecule has 2 aromatic heterocycles. The number of aromatic nitrogens is 3. The molecule has 2 heterocycles. The SMILES string of the molecule is C#Cc1cc2cnc(C)nn2c1. The van der Waals surface area contributed by atoms with Crippen molar-refractivity contribution in [3.05, 3.63) is 29.8 Å². The fourth-order valence-electron chi connectivity index (χ4n) is 1.07. The molecule has 0 aliphatic heterocycles. The molecule has 0 aromatic carbocycles. The van der Waals surface area contributed by atoms with Crippen molar-refractivity contribution in [1.29, 1.82) is 0 Å². The largest absolute Gasteiger partial charge is 0.238 e. The van der Waals surface area contributed by atoms with Gasteiger partial charge < -0.3 is 0 Å². The van der Waals surface area contributed by atoms with E-state index >= 15 is 0 Å². The van der Waals surface area contributed by atoms with E-state index in [2.05, 4.69) is 16.0 Å². The van der Waals surface area contributed by atoms with E-state index in [1.807, 2.05) is 19.2 Å². The zero-order chi connectivity index (χ0) is 8.55. The molecule has 0 amide bonds. The maximum Gasteiger partial charge on any atom is 0.146 e. The number of aryl methyl sites for hydroxylation is 1. The van der Waals surface area contributed by atoms with E-state index in [0.717, 1.165) is 16.9 Å². The van der Waals surface area contributed by atoms with Gasteiger partial charge in [0.2, 0.25) is 0 Å². The minimum absolute atomic E-state index is 0.738. The normalized spacial score (nSPS) is 10.0. The number of hydrogen-bond acceptors (Lipinski definition) is 2. The zero-order valence-corrected chi connectivity index (χ0v) is 6.65. The summed E-state index contributed by atoms with van der Waals surface area (Å²) in [6.45, 7) is 1.84. The highest BCUT2D eigenvalue weighted by molar-refractivity contribution is 5.51. The van der Waals surface area contributed by atoms with Crippen LogP contribution in [0.15, 0.2) is 18.5 Å². The summed E-state index contributed by atoms with van der Waals surface area (Å²) >= 11 is 0. The summed E-state index contributed by atoms with van der Waals surface area (Å²) in [4.78, 5) is 4.05. The first-order valence-corrected chi connectivity index (χ1v) is 3.58. The Bertz CT molecular complexity index is 462. The Labute approximate surface area is 70.1 Å². The van der Waals surface area contributed by atoms with Crippen LogP contribution in [-0.2, 0) is 0 Å². The minimum atomic E-state index is 0.738. The molecule has 2 rings (SSSR count). The van der Waals surface area contributed by atoms with Crippen molar-refractivity contribution < 1.29 is 0 Å². The molecule has 0 unspecified atom stereocenters. The van der Waals surface area contributed by atoms with E-state index in [9.17, 15) is 0 Å². The average molecular weight is 157 g/mol. The summed E-state index contributed by atoms with van der Waals surface area (Å²) in [5, 5.41) is 4.15. The summed E-state index contributed by atoms with van der Waals surface area (Å²) in [6, 6.07) is 1.87.